The van der Waals surface area contributed by atoms with Crippen molar-refractivity contribution in [2.45, 2.75) is 47.1 Å². The van der Waals surface area contributed by atoms with E-state index >= 15 is 0 Å². The molecule has 2 N–H and O–H groups in total. The Hall–Kier alpha value is -2.96. The summed E-state index contributed by atoms with van der Waals surface area (Å²) >= 11 is 0. The predicted octanol–water partition coefficient (Wildman–Crippen LogP) is 3.44. The number of aryl methyl sites for hydroxylation is 1. The van der Waals surface area contributed by atoms with Gasteiger partial charge in [-0.1, -0.05) is 6.92 Å². The van der Waals surface area contributed by atoms with Crippen molar-refractivity contribution < 1.29 is 18.8 Å². The van der Waals surface area contributed by atoms with E-state index in [4.69, 9.17) is 0 Å². The Kier molecular flexibility index (Phi) is 6.38. The third kappa shape index (κ3) is 4.13. The van der Waals surface area contributed by atoms with E-state index in [0.29, 0.717) is 34.5 Å². The van der Waals surface area contributed by atoms with E-state index < -0.39 is 17.6 Å². The van der Waals surface area contributed by atoms with Crippen LogP contribution in [0.3, 0.4) is 0 Å². The van der Waals surface area contributed by atoms with Crippen LogP contribution < -0.4 is 10.6 Å². The van der Waals surface area contributed by atoms with Crippen molar-refractivity contribution in [2.75, 3.05) is 5.32 Å². The highest BCUT2D eigenvalue weighted by atomic mass is 19.1. The van der Waals surface area contributed by atoms with Crippen LogP contribution in [0.2, 0.25) is 0 Å². The average Bonchev–Trinajstić information content (AvgIpc) is 2.86. The Morgan fingerprint density at radius 2 is 1.82 bits per heavy atom. The van der Waals surface area contributed by atoms with Crippen LogP contribution in [0.15, 0.2) is 18.2 Å². The van der Waals surface area contributed by atoms with Crippen molar-refractivity contribution in [3.63, 3.8) is 0 Å². The van der Waals surface area contributed by atoms with Crippen molar-refractivity contribution in [2.24, 2.45) is 7.05 Å². The largest absolute Gasteiger partial charge is 0.347 e. The molecule has 6 nitrogen and oxygen atoms in total. The molecule has 2 aromatic rings. The van der Waals surface area contributed by atoms with Gasteiger partial charge in [-0.3, -0.25) is 14.4 Å². The van der Waals surface area contributed by atoms with Gasteiger partial charge in [-0.05, 0) is 63.4 Å². The minimum absolute atomic E-state index is 0.123. The molecule has 2 rings (SSSR count). The van der Waals surface area contributed by atoms with E-state index in [1.807, 2.05) is 13.8 Å². The molecule has 7 heteroatoms. The molecule has 0 aliphatic carbocycles. The van der Waals surface area contributed by atoms with Crippen molar-refractivity contribution in [3.05, 3.63) is 52.1 Å². The lowest BCUT2D eigenvalue weighted by Gasteiger charge is -2.11. The summed E-state index contributed by atoms with van der Waals surface area (Å²) in [6.07, 6.45) is 0.703. The lowest BCUT2D eigenvalue weighted by Crippen LogP contribution is -2.38. The zero-order valence-electron chi connectivity index (χ0n) is 17.1. The zero-order valence-corrected chi connectivity index (χ0v) is 17.1. The summed E-state index contributed by atoms with van der Waals surface area (Å²) < 4.78 is 15.0. The molecule has 0 unspecified atom stereocenters. The number of nitrogens with zero attached hydrogens (tertiary/aromatic N) is 1. The zero-order chi connectivity index (χ0) is 21.2. The van der Waals surface area contributed by atoms with Crippen molar-refractivity contribution in [1.29, 1.82) is 0 Å². The van der Waals surface area contributed by atoms with Gasteiger partial charge in [-0.2, -0.15) is 0 Å². The highest BCUT2D eigenvalue weighted by Gasteiger charge is 2.28. The smallest absolute Gasteiger partial charge is 0.294 e. The Bertz CT molecular complexity index is 947. The second-order valence-corrected chi connectivity index (χ2v) is 7.02. The van der Waals surface area contributed by atoms with Gasteiger partial charge < -0.3 is 15.2 Å². The van der Waals surface area contributed by atoms with E-state index in [-0.39, 0.29) is 17.6 Å². The van der Waals surface area contributed by atoms with Crippen LogP contribution in [0.4, 0.5) is 10.1 Å². The van der Waals surface area contributed by atoms with E-state index in [2.05, 4.69) is 10.6 Å². The summed E-state index contributed by atoms with van der Waals surface area (Å²) in [7, 11) is 1.64. The maximum atomic E-state index is 13.4. The second kappa shape index (κ2) is 8.37. The van der Waals surface area contributed by atoms with Gasteiger partial charge in [0.1, 0.15) is 5.82 Å². The van der Waals surface area contributed by atoms with Gasteiger partial charge in [0.25, 0.3) is 17.6 Å². The van der Waals surface area contributed by atoms with E-state index in [9.17, 15) is 18.8 Å². The monoisotopic (exact) mass is 387 g/mol. The van der Waals surface area contributed by atoms with Crippen LogP contribution in [0.25, 0.3) is 0 Å². The molecule has 0 radical (unpaired) electrons. The molecule has 0 spiro atoms. The molecule has 0 fully saturated rings. The Labute approximate surface area is 164 Å². The third-order valence-electron chi connectivity index (χ3n) is 4.98. The maximum absolute atomic E-state index is 13.4. The first kappa shape index (κ1) is 21.3. The highest BCUT2D eigenvalue weighted by molar-refractivity contribution is 6.43. The van der Waals surface area contributed by atoms with E-state index in [1.54, 1.807) is 32.4 Å². The molecule has 1 atom stereocenters. The Morgan fingerprint density at radius 3 is 2.39 bits per heavy atom. The van der Waals surface area contributed by atoms with Crippen molar-refractivity contribution in [3.8, 4) is 0 Å². The number of ketones is 1. The fraction of sp³-hybridized carbons (Fsp3) is 0.381. The van der Waals surface area contributed by atoms with Gasteiger partial charge in [0.2, 0.25) is 0 Å². The number of halogens is 1. The lowest BCUT2D eigenvalue weighted by molar-refractivity contribution is -0.117. The first-order valence-electron chi connectivity index (χ1n) is 9.17. The number of carbonyl (C=O) groups excluding carboxylic acids is 3. The summed E-state index contributed by atoms with van der Waals surface area (Å²) in [5, 5.41) is 5.38. The van der Waals surface area contributed by atoms with Crippen LogP contribution in [0.5, 0.6) is 0 Å². The van der Waals surface area contributed by atoms with E-state index in [0.717, 1.165) is 0 Å². The fourth-order valence-corrected chi connectivity index (χ4v) is 3.05. The lowest BCUT2D eigenvalue weighted by atomic mass is 10.1. The molecule has 0 saturated heterocycles. The van der Waals surface area contributed by atoms with Gasteiger partial charge in [0.05, 0.1) is 11.3 Å². The highest BCUT2D eigenvalue weighted by Crippen LogP contribution is 2.24. The molecule has 0 aliphatic heterocycles. The van der Waals surface area contributed by atoms with Gasteiger partial charge in [-0.15, -0.1) is 0 Å². The minimum Gasteiger partial charge on any atom is -0.347 e. The molecular formula is C21H26FN3O3. The second-order valence-electron chi connectivity index (χ2n) is 7.02. The number of nitrogens with one attached hydrogen (secondary N) is 2. The van der Waals surface area contributed by atoms with Crippen LogP contribution >= 0.6 is 0 Å². The van der Waals surface area contributed by atoms with Gasteiger partial charge in [0, 0.05) is 24.5 Å². The summed E-state index contributed by atoms with van der Waals surface area (Å²) in [5.74, 6) is -2.15. The summed E-state index contributed by atoms with van der Waals surface area (Å²) in [6.45, 7) is 8.68. The number of anilines is 1. The molecular weight excluding hydrogens is 361 g/mol. The first-order chi connectivity index (χ1) is 13.1. The minimum atomic E-state index is -0.695. The molecule has 28 heavy (non-hydrogen) atoms. The van der Waals surface area contributed by atoms with Crippen molar-refractivity contribution in [1.82, 2.24) is 9.88 Å². The number of Topliss-reactive ketones (excluding diaryl/α,β-unsaturated/α-hetero) is 1. The first-order valence-corrected chi connectivity index (χ1v) is 9.17. The third-order valence-corrected chi connectivity index (χ3v) is 4.98. The number of aromatic nitrogens is 1. The van der Waals surface area contributed by atoms with Gasteiger partial charge >= 0.3 is 0 Å². The summed E-state index contributed by atoms with van der Waals surface area (Å²) in [6, 6.07) is 4.16. The SMILES string of the molecule is CC[C@H](C)NC(=O)C(=O)c1c(C)c(C(=O)Nc2ccc(F)c(C)c2)c(C)n1C. The number of carbonyl (C=O) groups is 3. The van der Waals surface area contributed by atoms with Crippen LogP contribution in [-0.2, 0) is 11.8 Å². The molecule has 1 aromatic carbocycles. The molecule has 1 aromatic heterocycles. The standard InChI is InChI=1S/C21H26FN3O3/c1-7-12(3)23-21(28)19(26)18-13(4)17(14(5)25(18)6)20(27)24-15-8-9-16(22)11(2)10-15/h8-10,12H,7H2,1-6H3,(H,23,28)(H,24,27)/t12-/m0/s1. The Balaban J connectivity index is 2.35. The number of benzene rings is 1. The molecule has 0 saturated carbocycles. The fourth-order valence-electron chi connectivity index (χ4n) is 3.05. The number of amides is 2. The van der Waals surface area contributed by atoms with Crippen LogP contribution in [0, 0.1) is 26.6 Å². The Morgan fingerprint density at radius 1 is 1.18 bits per heavy atom. The molecule has 0 bridgehead atoms. The molecule has 1 heterocycles. The van der Waals surface area contributed by atoms with Crippen LogP contribution in [0.1, 0.15) is 57.9 Å². The predicted molar refractivity (Wildman–Crippen MR) is 106 cm³/mol. The van der Waals surface area contributed by atoms with Crippen molar-refractivity contribution >= 4 is 23.3 Å². The number of hydrogen-bond acceptors (Lipinski definition) is 3. The molecule has 150 valence electrons. The van der Waals surface area contributed by atoms with Crippen LogP contribution in [-0.4, -0.2) is 28.2 Å². The van der Waals surface area contributed by atoms with Gasteiger partial charge in [0.15, 0.2) is 0 Å². The van der Waals surface area contributed by atoms with E-state index in [1.165, 1.54) is 18.2 Å². The summed E-state index contributed by atoms with van der Waals surface area (Å²) in [4.78, 5) is 37.7. The van der Waals surface area contributed by atoms with Gasteiger partial charge in [-0.25, -0.2) is 4.39 Å². The number of hydrogen-bond donors (Lipinski definition) is 2. The maximum Gasteiger partial charge on any atom is 0.294 e. The number of rotatable bonds is 6. The topological polar surface area (TPSA) is 80.2 Å². The summed E-state index contributed by atoms with van der Waals surface area (Å²) in [5.41, 5.74) is 2.36. The molecule has 2 amide bonds. The molecule has 0 aliphatic rings. The normalized spacial score (nSPS) is 11.8. The quantitative estimate of drug-likeness (QED) is 0.589. The average molecular weight is 387 g/mol.